The van der Waals surface area contributed by atoms with E-state index in [-0.39, 0.29) is 0 Å². The van der Waals surface area contributed by atoms with Crippen LogP contribution in [0.1, 0.15) is 34.2 Å². The fourth-order valence-electron chi connectivity index (χ4n) is 3.04. The summed E-state index contributed by atoms with van der Waals surface area (Å²) in [6.45, 7) is 4.18. The molecule has 1 aliphatic rings. The first-order valence-electron chi connectivity index (χ1n) is 6.95. The van der Waals surface area contributed by atoms with Crippen LogP contribution in [-0.4, -0.2) is 5.11 Å². The van der Waals surface area contributed by atoms with Gasteiger partial charge in [-0.1, -0.05) is 53.6 Å². The van der Waals surface area contributed by atoms with Crippen molar-refractivity contribution in [3.63, 3.8) is 0 Å². The van der Waals surface area contributed by atoms with Crippen LogP contribution in [0.5, 0.6) is 0 Å². The summed E-state index contributed by atoms with van der Waals surface area (Å²) in [6, 6.07) is 14.9. The number of benzene rings is 2. The Kier molecular flexibility index (Phi) is 2.94. The van der Waals surface area contributed by atoms with Gasteiger partial charge in [-0.2, -0.15) is 0 Å². The largest absolute Gasteiger partial charge is 0.385 e. The topological polar surface area (TPSA) is 20.2 Å². The van der Waals surface area contributed by atoms with Crippen LogP contribution in [0, 0.1) is 13.8 Å². The first-order valence-corrected chi connectivity index (χ1v) is 6.95. The van der Waals surface area contributed by atoms with Crippen molar-refractivity contribution in [1.29, 1.82) is 0 Å². The van der Waals surface area contributed by atoms with Gasteiger partial charge in [-0.25, -0.2) is 0 Å². The van der Waals surface area contributed by atoms with Gasteiger partial charge in [-0.3, -0.25) is 0 Å². The van der Waals surface area contributed by atoms with Gasteiger partial charge in [0, 0.05) is 6.42 Å². The van der Waals surface area contributed by atoms with E-state index in [9.17, 15) is 5.11 Å². The fourth-order valence-corrected chi connectivity index (χ4v) is 3.04. The van der Waals surface area contributed by atoms with E-state index in [4.69, 9.17) is 0 Å². The van der Waals surface area contributed by atoms with E-state index in [2.05, 4.69) is 56.3 Å². The van der Waals surface area contributed by atoms with Crippen molar-refractivity contribution in [3.8, 4) is 0 Å². The van der Waals surface area contributed by atoms with E-state index >= 15 is 0 Å². The van der Waals surface area contributed by atoms with Gasteiger partial charge >= 0.3 is 0 Å². The number of hydrogen-bond donors (Lipinski definition) is 1. The molecule has 0 amide bonds. The summed E-state index contributed by atoms with van der Waals surface area (Å²) in [5.41, 5.74) is 5.45. The van der Waals surface area contributed by atoms with Crippen molar-refractivity contribution in [2.24, 2.45) is 0 Å². The second-order valence-corrected chi connectivity index (χ2v) is 5.85. The number of rotatable bonds is 2. The Morgan fingerprint density at radius 1 is 1.00 bits per heavy atom. The lowest BCUT2D eigenvalue weighted by Gasteiger charge is -2.24. The molecule has 0 aliphatic heterocycles. The summed E-state index contributed by atoms with van der Waals surface area (Å²) in [5.74, 6) is 0. The zero-order valence-corrected chi connectivity index (χ0v) is 11.6. The van der Waals surface area contributed by atoms with E-state index in [1.54, 1.807) is 0 Å². The molecule has 1 unspecified atom stereocenters. The number of aliphatic hydroxyl groups is 1. The maximum absolute atomic E-state index is 11.0. The van der Waals surface area contributed by atoms with Crippen molar-refractivity contribution in [2.45, 2.75) is 38.7 Å². The van der Waals surface area contributed by atoms with Gasteiger partial charge in [0.2, 0.25) is 0 Å². The first kappa shape index (κ1) is 12.4. The smallest absolute Gasteiger partial charge is 0.0942 e. The van der Waals surface area contributed by atoms with Crippen molar-refractivity contribution in [3.05, 3.63) is 70.3 Å². The van der Waals surface area contributed by atoms with Crippen molar-refractivity contribution in [2.75, 3.05) is 0 Å². The minimum atomic E-state index is -0.684. The zero-order valence-electron chi connectivity index (χ0n) is 11.6. The zero-order chi connectivity index (χ0) is 13.5. The minimum absolute atomic E-state index is 0.684. The standard InChI is InChI=1S/C18H20O/c1-13-3-6-15(7-4-13)12-18(19)10-9-16-8-5-14(2)11-17(16)18/h3-8,11,19H,9-10,12H2,1-2H3. The number of hydrogen-bond acceptors (Lipinski definition) is 1. The average Bonchev–Trinajstić information content (AvgIpc) is 2.70. The Morgan fingerprint density at radius 2 is 1.68 bits per heavy atom. The highest BCUT2D eigenvalue weighted by Crippen LogP contribution is 2.39. The van der Waals surface area contributed by atoms with Gasteiger partial charge in [0.15, 0.2) is 0 Å². The molecule has 0 spiro atoms. The van der Waals surface area contributed by atoms with E-state index in [1.807, 2.05) is 0 Å². The molecule has 0 heterocycles. The molecule has 0 fully saturated rings. The monoisotopic (exact) mass is 252 g/mol. The summed E-state index contributed by atoms with van der Waals surface area (Å²) in [7, 11) is 0. The van der Waals surface area contributed by atoms with E-state index < -0.39 is 5.60 Å². The second kappa shape index (κ2) is 4.50. The van der Waals surface area contributed by atoms with Gasteiger partial charge in [0.05, 0.1) is 5.60 Å². The van der Waals surface area contributed by atoms with Crippen LogP contribution >= 0.6 is 0 Å². The molecule has 98 valence electrons. The lowest BCUT2D eigenvalue weighted by molar-refractivity contribution is 0.0389. The second-order valence-electron chi connectivity index (χ2n) is 5.85. The lowest BCUT2D eigenvalue weighted by atomic mass is 9.88. The third kappa shape index (κ3) is 2.31. The molecule has 0 saturated heterocycles. The highest BCUT2D eigenvalue weighted by atomic mass is 16.3. The Bertz CT molecular complexity index is 598. The summed E-state index contributed by atoms with van der Waals surface area (Å²) >= 11 is 0. The Labute approximate surface area is 114 Å². The van der Waals surface area contributed by atoms with E-state index in [0.29, 0.717) is 6.42 Å². The predicted octanol–water partition coefficient (Wildman–Crippen LogP) is 3.68. The molecular formula is C18H20O. The molecule has 0 aromatic heterocycles. The van der Waals surface area contributed by atoms with Crippen LogP contribution in [-0.2, 0) is 18.4 Å². The number of aryl methyl sites for hydroxylation is 3. The first-order chi connectivity index (χ1) is 9.07. The maximum Gasteiger partial charge on any atom is 0.0942 e. The fraction of sp³-hybridized carbons (Fsp3) is 0.333. The average molecular weight is 252 g/mol. The molecule has 0 bridgehead atoms. The number of fused-ring (bicyclic) bond motifs is 1. The van der Waals surface area contributed by atoms with Crippen LogP contribution in [0.15, 0.2) is 42.5 Å². The third-order valence-electron chi connectivity index (χ3n) is 4.19. The molecule has 19 heavy (non-hydrogen) atoms. The van der Waals surface area contributed by atoms with Gasteiger partial charge in [0.25, 0.3) is 0 Å². The van der Waals surface area contributed by atoms with E-state index in [0.717, 1.165) is 18.4 Å². The molecule has 1 nitrogen and oxygen atoms in total. The molecule has 3 rings (SSSR count). The Hall–Kier alpha value is -1.60. The predicted molar refractivity (Wildman–Crippen MR) is 78.3 cm³/mol. The van der Waals surface area contributed by atoms with Crippen LogP contribution in [0.3, 0.4) is 0 Å². The highest BCUT2D eigenvalue weighted by molar-refractivity contribution is 5.41. The third-order valence-corrected chi connectivity index (χ3v) is 4.19. The van der Waals surface area contributed by atoms with Crippen LogP contribution in [0.2, 0.25) is 0 Å². The van der Waals surface area contributed by atoms with Gasteiger partial charge in [0.1, 0.15) is 0 Å². The van der Waals surface area contributed by atoms with E-state index in [1.165, 1.54) is 22.3 Å². The molecule has 1 aliphatic carbocycles. The minimum Gasteiger partial charge on any atom is -0.385 e. The van der Waals surface area contributed by atoms with Gasteiger partial charge in [-0.05, 0) is 43.4 Å². The molecule has 1 N–H and O–H groups in total. The Morgan fingerprint density at radius 3 is 2.42 bits per heavy atom. The van der Waals surface area contributed by atoms with Gasteiger partial charge in [-0.15, -0.1) is 0 Å². The van der Waals surface area contributed by atoms with Gasteiger partial charge < -0.3 is 5.11 Å². The van der Waals surface area contributed by atoms with Crippen molar-refractivity contribution >= 4 is 0 Å². The lowest BCUT2D eigenvalue weighted by Crippen LogP contribution is -2.25. The summed E-state index contributed by atoms with van der Waals surface area (Å²) in [4.78, 5) is 0. The molecule has 0 saturated carbocycles. The van der Waals surface area contributed by atoms with Crippen LogP contribution in [0.25, 0.3) is 0 Å². The quantitative estimate of drug-likeness (QED) is 0.864. The maximum atomic E-state index is 11.0. The SMILES string of the molecule is Cc1ccc(CC2(O)CCc3ccc(C)cc32)cc1. The molecule has 2 aromatic carbocycles. The molecular weight excluding hydrogens is 232 g/mol. The molecule has 2 aromatic rings. The summed E-state index contributed by atoms with van der Waals surface area (Å²) < 4.78 is 0. The Balaban J connectivity index is 1.93. The highest BCUT2D eigenvalue weighted by Gasteiger charge is 2.36. The summed E-state index contributed by atoms with van der Waals surface area (Å²) in [6.07, 6.45) is 2.53. The van der Waals surface area contributed by atoms with Crippen molar-refractivity contribution in [1.82, 2.24) is 0 Å². The molecule has 1 atom stereocenters. The van der Waals surface area contributed by atoms with Crippen LogP contribution in [0.4, 0.5) is 0 Å². The molecule has 0 radical (unpaired) electrons. The van der Waals surface area contributed by atoms with Crippen LogP contribution < -0.4 is 0 Å². The summed E-state index contributed by atoms with van der Waals surface area (Å²) in [5, 5.41) is 11.0. The molecule has 1 heteroatoms. The normalized spacial score (nSPS) is 21.4. The van der Waals surface area contributed by atoms with Crippen molar-refractivity contribution < 1.29 is 5.11 Å².